The van der Waals surface area contributed by atoms with Crippen molar-refractivity contribution in [3.05, 3.63) is 76.5 Å². The minimum Gasteiger partial charge on any atom is -0.507 e. The van der Waals surface area contributed by atoms with Crippen LogP contribution in [0.2, 0.25) is 5.02 Å². The van der Waals surface area contributed by atoms with Crippen LogP contribution in [-0.4, -0.2) is 28.5 Å². The highest BCUT2D eigenvalue weighted by atomic mass is 35.5. The molecule has 0 bridgehead atoms. The van der Waals surface area contributed by atoms with Crippen LogP contribution in [-0.2, 0) is 16.1 Å². The summed E-state index contributed by atoms with van der Waals surface area (Å²) < 4.78 is 6.66. The number of ketones is 1. The number of benzene rings is 2. The summed E-state index contributed by atoms with van der Waals surface area (Å²) in [6, 6.07) is 12.5. The number of hydrogen-bond donors (Lipinski definition) is 1. The minimum atomic E-state index is -0.385. The first-order chi connectivity index (χ1) is 12.9. The number of carbonyl (C=O) groups is 2. The number of aromatic nitrogens is 1. The fourth-order valence-corrected chi connectivity index (χ4v) is 3.11. The van der Waals surface area contributed by atoms with E-state index in [1.807, 2.05) is 22.8 Å². The van der Waals surface area contributed by atoms with Gasteiger partial charge in [0.15, 0.2) is 5.78 Å². The van der Waals surface area contributed by atoms with Crippen molar-refractivity contribution in [2.45, 2.75) is 13.5 Å². The van der Waals surface area contributed by atoms with Gasteiger partial charge in [0.1, 0.15) is 5.76 Å². The fraction of sp³-hybridized carbons (Fsp3) is 0.143. The molecule has 0 saturated heterocycles. The Bertz CT molecular complexity index is 1050. The van der Waals surface area contributed by atoms with Crippen LogP contribution in [0.4, 0.5) is 0 Å². The summed E-state index contributed by atoms with van der Waals surface area (Å²) in [5.74, 6) is -0.729. The molecule has 0 amide bonds. The number of ether oxygens (including phenoxy) is 1. The van der Waals surface area contributed by atoms with Crippen LogP contribution in [0.1, 0.15) is 28.4 Å². The summed E-state index contributed by atoms with van der Waals surface area (Å²) in [7, 11) is 1.34. The van der Waals surface area contributed by atoms with E-state index in [1.165, 1.54) is 20.1 Å². The molecule has 1 aromatic heterocycles. The lowest BCUT2D eigenvalue weighted by molar-refractivity contribution is -0.112. The Morgan fingerprint density at radius 1 is 1.19 bits per heavy atom. The Labute approximate surface area is 161 Å². The van der Waals surface area contributed by atoms with E-state index in [9.17, 15) is 14.7 Å². The normalized spacial score (nSPS) is 11.6. The van der Waals surface area contributed by atoms with Gasteiger partial charge < -0.3 is 14.4 Å². The SMILES string of the molecule is COC(=O)c1ccc(Cn2cc(C(O)=CC(C)=O)c3cc(Cl)ccc32)cc1. The van der Waals surface area contributed by atoms with E-state index in [0.29, 0.717) is 22.7 Å². The molecular weight excluding hydrogens is 366 g/mol. The molecule has 0 aliphatic carbocycles. The first-order valence-corrected chi connectivity index (χ1v) is 8.64. The number of halogens is 1. The summed E-state index contributed by atoms with van der Waals surface area (Å²) in [5.41, 5.74) is 2.85. The van der Waals surface area contributed by atoms with E-state index in [-0.39, 0.29) is 17.5 Å². The molecule has 0 radical (unpaired) electrons. The molecule has 2 aromatic carbocycles. The van der Waals surface area contributed by atoms with Gasteiger partial charge in [0.2, 0.25) is 0 Å². The Balaban J connectivity index is 2.02. The predicted molar refractivity (Wildman–Crippen MR) is 105 cm³/mol. The molecule has 0 aliphatic heterocycles. The van der Waals surface area contributed by atoms with Crippen LogP contribution in [0.15, 0.2) is 54.7 Å². The molecule has 3 rings (SSSR count). The molecule has 1 heterocycles. The highest BCUT2D eigenvalue weighted by molar-refractivity contribution is 6.31. The van der Waals surface area contributed by atoms with Crippen LogP contribution in [0.3, 0.4) is 0 Å². The number of hydrogen-bond acceptors (Lipinski definition) is 4. The molecule has 27 heavy (non-hydrogen) atoms. The van der Waals surface area contributed by atoms with Crippen molar-refractivity contribution in [2.75, 3.05) is 7.11 Å². The number of aliphatic hydroxyl groups excluding tert-OH is 1. The standard InChI is InChI=1S/C21H18ClNO4/c1-13(24)9-20(25)18-12-23(19-8-7-16(22)10-17(18)19)11-14-3-5-15(6-4-14)21(26)27-2/h3-10,12,25H,11H2,1-2H3. The largest absolute Gasteiger partial charge is 0.507 e. The molecule has 0 saturated carbocycles. The highest BCUT2D eigenvalue weighted by Crippen LogP contribution is 2.29. The summed E-state index contributed by atoms with van der Waals surface area (Å²) in [6.07, 6.45) is 2.97. The van der Waals surface area contributed by atoms with Crippen molar-refractivity contribution in [1.82, 2.24) is 4.57 Å². The van der Waals surface area contributed by atoms with Gasteiger partial charge in [-0.15, -0.1) is 0 Å². The lowest BCUT2D eigenvalue weighted by Gasteiger charge is -2.07. The van der Waals surface area contributed by atoms with Gasteiger partial charge >= 0.3 is 5.97 Å². The van der Waals surface area contributed by atoms with Crippen molar-refractivity contribution in [3.63, 3.8) is 0 Å². The number of aliphatic hydroxyl groups is 1. The Hall–Kier alpha value is -3.05. The molecule has 1 N–H and O–H groups in total. The lowest BCUT2D eigenvalue weighted by Crippen LogP contribution is -2.02. The maximum Gasteiger partial charge on any atom is 0.337 e. The van der Waals surface area contributed by atoms with E-state index >= 15 is 0 Å². The molecule has 3 aromatic rings. The van der Waals surface area contributed by atoms with Crippen molar-refractivity contribution in [3.8, 4) is 0 Å². The average Bonchev–Trinajstić information content (AvgIpc) is 2.99. The van der Waals surface area contributed by atoms with Gasteiger partial charge in [-0.3, -0.25) is 4.79 Å². The fourth-order valence-electron chi connectivity index (χ4n) is 2.94. The van der Waals surface area contributed by atoms with E-state index in [1.54, 1.807) is 30.5 Å². The van der Waals surface area contributed by atoms with Gasteiger partial charge in [-0.2, -0.15) is 0 Å². The number of methoxy groups -OCH3 is 1. The molecule has 0 fully saturated rings. The Kier molecular flexibility index (Phi) is 5.33. The number of rotatable bonds is 5. The first kappa shape index (κ1) is 18.7. The molecule has 0 atom stereocenters. The van der Waals surface area contributed by atoms with Crippen LogP contribution in [0, 0.1) is 0 Å². The second kappa shape index (κ2) is 7.68. The van der Waals surface area contributed by atoms with E-state index in [2.05, 4.69) is 0 Å². The van der Waals surface area contributed by atoms with E-state index in [4.69, 9.17) is 16.3 Å². The summed E-state index contributed by atoms with van der Waals surface area (Å²) in [4.78, 5) is 22.9. The molecule has 138 valence electrons. The van der Waals surface area contributed by atoms with Crippen molar-refractivity contribution in [1.29, 1.82) is 0 Å². The molecule has 6 heteroatoms. The third-order valence-electron chi connectivity index (χ3n) is 4.19. The molecular formula is C21H18ClNO4. The zero-order valence-electron chi connectivity index (χ0n) is 14.9. The number of fused-ring (bicyclic) bond motifs is 1. The average molecular weight is 384 g/mol. The Morgan fingerprint density at radius 3 is 2.52 bits per heavy atom. The lowest BCUT2D eigenvalue weighted by atomic mass is 10.1. The predicted octanol–water partition coefficient (Wildman–Crippen LogP) is 4.62. The van der Waals surface area contributed by atoms with Crippen LogP contribution < -0.4 is 0 Å². The van der Waals surface area contributed by atoms with Gasteiger partial charge in [0.25, 0.3) is 0 Å². The number of allylic oxidation sites excluding steroid dienone is 1. The van der Waals surface area contributed by atoms with Crippen LogP contribution in [0.5, 0.6) is 0 Å². The molecule has 0 unspecified atom stereocenters. The van der Waals surface area contributed by atoms with Gasteiger partial charge in [-0.1, -0.05) is 23.7 Å². The third-order valence-corrected chi connectivity index (χ3v) is 4.42. The van der Waals surface area contributed by atoms with E-state index in [0.717, 1.165) is 16.5 Å². The molecule has 0 spiro atoms. The summed E-state index contributed by atoms with van der Waals surface area (Å²) >= 11 is 6.11. The third kappa shape index (κ3) is 4.04. The zero-order chi connectivity index (χ0) is 19.6. The Morgan fingerprint density at radius 2 is 1.89 bits per heavy atom. The smallest absolute Gasteiger partial charge is 0.337 e. The van der Waals surface area contributed by atoms with Gasteiger partial charge in [-0.25, -0.2) is 4.79 Å². The second-order valence-electron chi connectivity index (χ2n) is 6.16. The second-order valence-corrected chi connectivity index (χ2v) is 6.60. The van der Waals surface area contributed by atoms with Crippen LogP contribution >= 0.6 is 11.6 Å². The van der Waals surface area contributed by atoms with Crippen LogP contribution in [0.25, 0.3) is 16.7 Å². The highest BCUT2D eigenvalue weighted by Gasteiger charge is 2.13. The quantitative estimate of drug-likeness (QED) is 0.396. The topological polar surface area (TPSA) is 68.5 Å². The number of carbonyl (C=O) groups excluding carboxylic acids is 2. The number of esters is 1. The van der Waals surface area contributed by atoms with Crippen molar-refractivity contribution >= 4 is 40.0 Å². The van der Waals surface area contributed by atoms with Gasteiger partial charge in [-0.05, 0) is 42.8 Å². The monoisotopic (exact) mass is 383 g/mol. The maximum atomic E-state index is 11.6. The summed E-state index contributed by atoms with van der Waals surface area (Å²) in [5, 5.41) is 11.6. The first-order valence-electron chi connectivity index (χ1n) is 8.26. The molecule has 0 aliphatic rings. The zero-order valence-corrected chi connectivity index (χ0v) is 15.7. The van der Waals surface area contributed by atoms with Gasteiger partial charge in [0.05, 0.1) is 12.7 Å². The minimum absolute atomic E-state index is 0.102. The van der Waals surface area contributed by atoms with Crippen molar-refractivity contribution < 1.29 is 19.4 Å². The maximum absolute atomic E-state index is 11.6. The number of nitrogens with zero attached hydrogens (tertiary/aromatic N) is 1. The summed E-state index contributed by atoms with van der Waals surface area (Å²) in [6.45, 7) is 1.90. The van der Waals surface area contributed by atoms with Crippen molar-refractivity contribution in [2.24, 2.45) is 0 Å². The van der Waals surface area contributed by atoms with Gasteiger partial charge in [0, 0.05) is 40.3 Å². The molecule has 5 nitrogen and oxygen atoms in total. The van der Waals surface area contributed by atoms with E-state index < -0.39 is 0 Å².